The van der Waals surface area contributed by atoms with E-state index in [4.69, 9.17) is 0 Å². The van der Waals surface area contributed by atoms with Gasteiger partial charge in [-0.25, -0.2) is 0 Å². The first-order chi connectivity index (χ1) is 11.4. The number of pyridine rings is 1. The summed E-state index contributed by atoms with van der Waals surface area (Å²) in [5.74, 6) is 0. The Morgan fingerprint density at radius 2 is 1.96 bits per heavy atom. The van der Waals surface area contributed by atoms with Gasteiger partial charge >= 0.3 is 0 Å². The molecule has 108 valence electrons. The second-order valence-corrected chi connectivity index (χ2v) is 5.36. The highest BCUT2D eigenvalue weighted by Crippen LogP contribution is 2.28. The molecule has 0 atom stereocenters. The molecule has 3 heteroatoms. The molecule has 0 saturated heterocycles. The lowest BCUT2D eigenvalue weighted by Crippen LogP contribution is -1.83. The molecule has 2 heterocycles. The van der Waals surface area contributed by atoms with E-state index < -0.39 is 0 Å². The molecule has 0 aliphatic heterocycles. The van der Waals surface area contributed by atoms with Gasteiger partial charge in [0.05, 0.1) is 11.6 Å². The molecule has 0 radical (unpaired) electrons. The van der Waals surface area contributed by atoms with Crippen LogP contribution in [0.5, 0.6) is 0 Å². The van der Waals surface area contributed by atoms with Crippen molar-refractivity contribution in [2.45, 2.75) is 0 Å². The molecule has 0 unspecified atom stereocenters. The highest BCUT2D eigenvalue weighted by atomic mass is 14.7. The zero-order chi connectivity index (χ0) is 15.6. The SMILES string of the molecule is N#C/C(=C/c1cccc2cnccc12)c1c[nH]c2ccccc12. The molecule has 23 heavy (non-hydrogen) atoms. The van der Waals surface area contributed by atoms with Crippen LogP contribution in [0.15, 0.2) is 67.1 Å². The second-order valence-electron chi connectivity index (χ2n) is 5.36. The minimum atomic E-state index is 0.645. The Bertz CT molecular complexity index is 1080. The molecular weight excluding hydrogens is 282 g/mol. The maximum absolute atomic E-state index is 9.65. The normalized spacial score (nSPS) is 11.7. The highest BCUT2D eigenvalue weighted by Gasteiger charge is 2.09. The summed E-state index contributed by atoms with van der Waals surface area (Å²) in [5, 5.41) is 12.9. The molecule has 0 spiro atoms. The van der Waals surface area contributed by atoms with E-state index in [1.165, 1.54) is 0 Å². The van der Waals surface area contributed by atoms with E-state index in [9.17, 15) is 5.26 Å². The van der Waals surface area contributed by atoms with Gasteiger partial charge in [-0.05, 0) is 29.2 Å². The molecule has 4 aromatic rings. The lowest BCUT2D eigenvalue weighted by atomic mass is 10.00. The van der Waals surface area contributed by atoms with Crippen LogP contribution in [-0.4, -0.2) is 9.97 Å². The van der Waals surface area contributed by atoms with Gasteiger partial charge in [0.2, 0.25) is 0 Å². The van der Waals surface area contributed by atoms with Crippen molar-refractivity contribution in [1.82, 2.24) is 9.97 Å². The Morgan fingerprint density at radius 3 is 2.87 bits per heavy atom. The predicted molar refractivity (Wildman–Crippen MR) is 93.5 cm³/mol. The summed E-state index contributed by atoms with van der Waals surface area (Å²) >= 11 is 0. The van der Waals surface area contributed by atoms with Crippen LogP contribution in [-0.2, 0) is 0 Å². The number of aromatic amines is 1. The van der Waals surface area contributed by atoms with Crippen molar-refractivity contribution in [2.75, 3.05) is 0 Å². The first-order valence-corrected chi connectivity index (χ1v) is 7.38. The van der Waals surface area contributed by atoms with E-state index in [1.807, 2.05) is 67.0 Å². The van der Waals surface area contributed by atoms with Crippen molar-refractivity contribution in [3.8, 4) is 6.07 Å². The van der Waals surface area contributed by atoms with Crippen LogP contribution in [0, 0.1) is 11.3 Å². The Balaban J connectivity index is 1.93. The molecule has 2 aromatic carbocycles. The zero-order valence-corrected chi connectivity index (χ0v) is 12.3. The van der Waals surface area contributed by atoms with Gasteiger partial charge in [-0.3, -0.25) is 4.98 Å². The second kappa shape index (κ2) is 5.43. The third-order valence-corrected chi connectivity index (χ3v) is 4.01. The number of H-pyrrole nitrogens is 1. The van der Waals surface area contributed by atoms with Crippen LogP contribution < -0.4 is 0 Å². The number of nitriles is 1. The van der Waals surface area contributed by atoms with Gasteiger partial charge in [-0.2, -0.15) is 5.26 Å². The average molecular weight is 295 g/mol. The van der Waals surface area contributed by atoms with E-state index in [0.717, 1.165) is 32.8 Å². The summed E-state index contributed by atoms with van der Waals surface area (Å²) in [6.07, 6.45) is 7.45. The maximum Gasteiger partial charge on any atom is 0.0998 e. The maximum atomic E-state index is 9.65. The van der Waals surface area contributed by atoms with Gasteiger partial charge in [0.1, 0.15) is 0 Å². The minimum Gasteiger partial charge on any atom is -0.361 e. The Morgan fingerprint density at radius 1 is 1.04 bits per heavy atom. The van der Waals surface area contributed by atoms with Crippen molar-refractivity contribution < 1.29 is 0 Å². The number of benzene rings is 2. The van der Waals surface area contributed by atoms with Crippen molar-refractivity contribution in [1.29, 1.82) is 5.26 Å². The lowest BCUT2D eigenvalue weighted by molar-refractivity contribution is 1.36. The minimum absolute atomic E-state index is 0.645. The van der Waals surface area contributed by atoms with Gasteiger partial charge in [-0.1, -0.05) is 36.4 Å². The van der Waals surface area contributed by atoms with E-state index in [1.54, 1.807) is 6.20 Å². The van der Waals surface area contributed by atoms with Crippen LogP contribution in [0.25, 0.3) is 33.3 Å². The van der Waals surface area contributed by atoms with Gasteiger partial charge in [-0.15, -0.1) is 0 Å². The number of hydrogen-bond donors (Lipinski definition) is 1. The fourth-order valence-electron chi connectivity index (χ4n) is 2.89. The highest BCUT2D eigenvalue weighted by molar-refractivity contribution is 6.04. The van der Waals surface area contributed by atoms with Crippen molar-refractivity contribution >= 4 is 33.3 Å². The predicted octanol–water partition coefficient (Wildman–Crippen LogP) is 4.78. The van der Waals surface area contributed by atoms with Crippen LogP contribution in [0.2, 0.25) is 0 Å². The molecule has 0 aliphatic rings. The van der Waals surface area contributed by atoms with Gasteiger partial charge < -0.3 is 4.98 Å². The van der Waals surface area contributed by atoms with E-state index in [-0.39, 0.29) is 0 Å². The quantitative estimate of drug-likeness (QED) is 0.541. The first kappa shape index (κ1) is 13.3. The van der Waals surface area contributed by atoms with Crippen LogP contribution in [0.3, 0.4) is 0 Å². The number of fused-ring (bicyclic) bond motifs is 2. The standard InChI is InChI=1S/C20H13N3/c21-11-16(19-13-23-20-7-2-1-6-18(19)20)10-14-4-3-5-15-12-22-9-8-17(14)15/h1-10,12-13,23H/b16-10-. The Labute approximate surface area is 133 Å². The number of para-hydroxylation sites is 1. The fraction of sp³-hybridized carbons (Fsp3) is 0. The smallest absolute Gasteiger partial charge is 0.0998 e. The third-order valence-electron chi connectivity index (χ3n) is 4.01. The molecule has 1 N–H and O–H groups in total. The third kappa shape index (κ3) is 2.27. The molecule has 4 rings (SSSR count). The molecule has 3 nitrogen and oxygen atoms in total. The average Bonchev–Trinajstić information content (AvgIpc) is 3.04. The van der Waals surface area contributed by atoms with Gasteiger partial charge in [0, 0.05) is 40.4 Å². The lowest BCUT2D eigenvalue weighted by Gasteiger charge is -2.03. The molecule has 0 fully saturated rings. The van der Waals surface area contributed by atoms with E-state index >= 15 is 0 Å². The summed E-state index contributed by atoms with van der Waals surface area (Å²) in [6, 6.07) is 18.4. The van der Waals surface area contributed by atoms with Crippen LogP contribution in [0.1, 0.15) is 11.1 Å². The van der Waals surface area contributed by atoms with Crippen LogP contribution in [0.4, 0.5) is 0 Å². The number of aromatic nitrogens is 2. The van der Waals surface area contributed by atoms with Crippen molar-refractivity contribution in [3.63, 3.8) is 0 Å². The van der Waals surface area contributed by atoms with Crippen molar-refractivity contribution in [3.05, 3.63) is 78.2 Å². The number of nitrogens with one attached hydrogen (secondary N) is 1. The van der Waals surface area contributed by atoms with Gasteiger partial charge in [0.15, 0.2) is 0 Å². The first-order valence-electron chi connectivity index (χ1n) is 7.38. The largest absolute Gasteiger partial charge is 0.361 e. The molecular formula is C20H13N3. The molecule has 0 saturated carbocycles. The number of hydrogen-bond acceptors (Lipinski definition) is 2. The number of rotatable bonds is 2. The summed E-state index contributed by atoms with van der Waals surface area (Å²) in [5.41, 5.74) is 3.62. The topological polar surface area (TPSA) is 52.5 Å². The summed E-state index contributed by atoms with van der Waals surface area (Å²) in [6.45, 7) is 0. The molecule has 0 amide bonds. The monoisotopic (exact) mass is 295 g/mol. The Hall–Kier alpha value is -3.38. The van der Waals surface area contributed by atoms with Crippen LogP contribution >= 0.6 is 0 Å². The summed E-state index contributed by atoms with van der Waals surface area (Å²) in [4.78, 5) is 7.38. The molecule has 2 aromatic heterocycles. The fourth-order valence-corrected chi connectivity index (χ4v) is 2.89. The summed E-state index contributed by atoms with van der Waals surface area (Å²) in [7, 11) is 0. The number of allylic oxidation sites excluding steroid dienone is 1. The van der Waals surface area contributed by atoms with E-state index in [2.05, 4.69) is 16.0 Å². The Kier molecular flexibility index (Phi) is 3.14. The van der Waals surface area contributed by atoms with Gasteiger partial charge in [0.25, 0.3) is 0 Å². The molecule has 0 bridgehead atoms. The zero-order valence-electron chi connectivity index (χ0n) is 12.3. The summed E-state index contributed by atoms with van der Waals surface area (Å²) < 4.78 is 0. The molecule has 0 aliphatic carbocycles. The van der Waals surface area contributed by atoms with E-state index in [0.29, 0.717) is 5.57 Å². The number of nitrogens with zero attached hydrogens (tertiary/aromatic N) is 2. The van der Waals surface area contributed by atoms with Crippen molar-refractivity contribution in [2.24, 2.45) is 0 Å².